The number of ether oxygens (including phenoxy) is 1. The fourth-order valence-corrected chi connectivity index (χ4v) is 3.23. The molecule has 4 heteroatoms. The van der Waals surface area contributed by atoms with E-state index in [4.69, 9.17) is 4.74 Å². The van der Waals surface area contributed by atoms with Crippen molar-refractivity contribution in [2.75, 3.05) is 26.8 Å². The quantitative estimate of drug-likeness (QED) is 0.910. The average Bonchev–Trinajstić information content (AvgIpc) is 2.55. The van der Waals surface area contributed by atoms with Crippen molar-refractivity contribution in [3.63, 3.8) is 0 Å². The predicted molar refractivity (Wildman–Crippen MR) is 87.0 cm³/mol. The monoisotopic (exact) mass is 305 g/mol. The van der Waals surface area contributed by atoms with E-state index in [9.17, 15) is 9.90 Å². The zero-order chi connectivity index (χ0) is 16.1. The fraction of sp³-hybridized carbons (Fsp3) is 0.611. The highest BCUT2D eigenvalue weighted by Crippen LogP contribution is 2.30. The summed E-state index contributed by atoms with van der Waals surface area (Å²) in [6, 6.07) is 7.78. The maximum Gasteiger partial charge on any atom is 0.230 e. The fourth-order valence-electron chi connectivity index (χ4n) is 3.23. The maximum atomic E-state index is 13.0. The van der Waals surface area contributed by atoms with E-state index in [1.165, 1.54) is 0 Å². The molecule has 2 atom stereocenters. The van der Waals surface area contributed by atoms with Crippen molar-refractivity contribution in [1.29, 1.82) is 0 Å². The standard InChI is InChI=1S/C18H27NO3/c1-13(2)17(15-6-8-16(22-3)9-7-15)18(21)19-10-4-5-14(11-19)12-20/h6-9,13-14,17,20H,4-5,10-12H2,1-3H3. The molecule has 22 heavy (non-hydrogen) atoms. The Morgan fingerprint density at radius 3 is 2.59 bits per heavy atom. The molecule has 0 radical (unpaired) electrons. The zero-order valence-corrected chi connectivity index (χ0v) is 13.8. The average molecular weight is 305 g/mol. The van der Waals surface area contributed by atoms with Gasteiger partial charge < -0.3 is 14.7 Å². The van der Waals surface area contributed by atoms with E-state index in [0.717, 1.165) is 30.7 Å². The SMILES string of the molecule is COc1ccc(C(C(=O)N2CCCC(CO)C2)C(C)C)cc1. The number of piperidine rings is 1. The number of carbonyl (C=O) groups excluding carboxylic acids is 1. The molecule has 2 unspecified atom stereocenters. The lowest BCUT2D eigenvalue weighted by Gasteiger charge is -2.35. The highest BCUT2D eigenvalue weighted by molar-refractivity contribution is 5.84. The maximum absolute atomic E-state index is 13.0. The number of amides is 1. The third-order valence-electron chi connectivity index (χ3n) is 4.50. The third kappa shape index (κ3) is 3.80. The van der Waals surface area contributed by atoms with E-state index in [2.05, 4.69) is 13.8 Å². The first-order valence-electron chi connectivity index (χ1n) is 8.10. The first kappa shape index (κ1) is 16.8. The Hall–Kier alpha value is -1.55. The molecule has 1 N–H and O–H groups in total. The molecule has 1 aromatic rings. The highest BCUT2D eigenvalue weighted by Gasteiger charge is 2.31. The Kier molecular flexibility index (Phi) is 5.83. The number of nitrogens with zero attached hydrogens (tertiary/aromatic N) is 1. The van der Waals surface area contributed by atoms with Gasteiger partial charge in [-0.1, -0.05) is 26.0 Å². The van der Waals surface area contributed by atoms with Gasteiger partial charge in [-0.25, -0.2) is 0 Å². The molecule has 0 saturated carbocycles. The number of rotatable bonds is 5. The largest absolute Gasteiger partial charge is 0.497 e. The van der Waals surface area contributed by atoms with Crippen molar-refractivity contribution >= 4 is 5.91 Å². The van der Waals surface area contributed by atoms with Crippen LogP contribution in [0.1, 0.15) is 38.2 Å². The number of aliphatic hydroxyl groups is 1. The molecule has 1 aromatic carbocycles. The zero-order valence-electron chi connectivity index (χ0n) is 13.8. The van der Waals surface area contributed by atoms with Crippen molar-refractivity contribution in [3.05, 3.63) is 29.8 Å². The van der Waals surface area contributed by atoms with Crippen molar-refractivity contribution < 1.29 is 14.6 Å². The van der Waals surface area contributed by atoms with Crippen LogP contribution in [0.3, 0.4) is 0 Å². The molecule has 2 rings (SSSR count). The molecule has 1 saturated heterocycles. The first-order valence-corrected chi connectivity index (χ1v) is 8.10. The van der Waals surface area contributed by atoms with E-state index >= 15 is 0 Å². The van der Waals surface area contributed by atoms with E-state index in [-0.39, 0.29) is 30.3 Å². The van der Waals surface area contributed by atoms with E-state index < -0.39 is 0 Å². The summed E-state index contributed by atoms with van der Waals surface area (Å²) in [7, 11) is 1.64. The van der Waals surface area contributed by atoms with Crippen LogP contribution in [0.4, 0.5) is 0 Å². The van der Waals surface area contributed by atoms with Crippen LogP contribution < -0.4 is 4.74 Å². The highest BCUT2D eigenvalue weighted by atomic mass is 16.5. The smallest absolute Gasteiger partial charge is 0.230 e. The Morgan fingerprint density at radius 1 is 1.36 bits per heavy atom. The van der Waals surface area contributed by atoms with Crippen LogP contribution in [0.15, 0.2) is 24.3 Å². The Bertz CT molecular complexity index is 484. The van der Waals surface area contributed by atoms with Crippen LogP contribution in [0.5, 0.6) is 5.75 Å². The number of hydrogen-bond acceptors (Lipinski definition) is 3. The molecular weight excluding hydrogens is 278 g/mol. The summed E-state index contributed by atoms with van der Waals surface area (Å²) in [5.41, 5.74) is 1.03. The van der Waals surface area contributed by atoms with Crippen LogP contribution in [0.2, 0.25) is 0 Å². The van der Waals surface area contributed by atoms with Gasteiger partial charge in [0, 0.05) is 19.7 Å². The van der Waals surface area contributed by atoms with Gasteiger partial charge in [-0.15, -0.1) is 0 Å². The molecule has 1 aliphatic heterocycles. The summed E-state index contributed by atoms with van der Waals surface area (Å²) in [6.07, 6.45) is 1.99. The van der Waals surface area contributed by atoms with Crippen LogP contribution in [-0.4, -0.2) is 42.7 Å². The van der Waals surface area contributed by atoms with Crippen LogP contribution in [0, 0.1) is 11.8 Å². The normalized spacial score (nSPS) is 20.0. The van der Waals surface area contributed by atoms with Crippen molar-refractivity contribution in [3.8, 4) is 5.75 Å². The minimum Gasteiger partial charge on any atom is -0.497 e. The lowest BCUT2D eigenvalue weighted by molar-refractivity contribution is -0.136. The van der Waals surface area contributed by atoms with Crippen molar-refractivity contribution in [2.45, 2.75) is 32.6 Å². The number of likely N-dealkylation sites (tertiary alicyclic amines) is 1. The lowest BCUT2D eigenvalue weighted by atomic mass is 9.86. The Balaban J connectivity index is 2.17. The molecule has 0 spiro atoms. The molecule has 1 amide bonds. The minimum atomic E-state index is -0.136. The second-order valence-electron chi connectivity index (χ2n) is 6.47. The van der Waals surface area contributed by atoms with Crippen LogP contribution >= 0.6 is 0 Å². The molecular formula is C18H27NO3. The van der Waals surface area contributed by atoms with Gasteiger partial charge >= 0.3 is 0 Å². The summed E-state index contributed by atoms with van der Waals surface area (Å²) >= 11 is 0. The summed E-state index contributed by atoms with van der Waals surface area (Å²) in [4.78, 5) is 14.9. The van der Waals surface area contributed by atoms with Gasteiger partial charge in [0.05, 0.1) is 13.0 Å². The Labute approximate surface area is 133 Å². The van der Waals surface area contributed by atoms with Crippen molar-refractivity contribution in [2.24, 2.45) is 11.8 Å². The molecule has 4 nitrogen and oxygen atoms in total. The third-order valence-corrected chi connectivity index (χ3v) is 4.50. The Morgan fingerprint density at radius 2 is 2.05 bits per heavy atom. The lowest BCUT2D eigenvalue weighted by Crippen LogP contribution is -2.44. The van der Waals surface area contributed by atoms with Gasteiger partial charge in [0.25, 0.3) is 0 Å². The predicted octanol–water partition coefficient (Wildman–Crippen LogP) is 2.67. The molecule has 0 aliphatic carbocycles. The number of carbonyl (C=O) groups is 1. The van der Waals surface area contributed by atoms with Gasteiger partial charge in [0.2, 0.25) is 5.91 Å². The molecule has 0 bridgehead atoms. The summed E-state index contributed by atoms with van der Waals surface area (Å²) in [6.45, 7) is 5.81. The number of methoxy groups -OCH3 is 1. The van der Waals surface area contributed by atoms with E-state index in [0.29, 0.717) is 6.54 Å². The second-order valence-corrected chi connectivity index (χ2v) is 6.47. The summed E-state index contributed by atoms with van der Waals surface area (Å²) < 4.78 is 5.19. The number of aliphatic hydroxyl groups excluding tert-OH is 1. The molecule has 1 aliphatic rings. The van der Waals surface area contributed by atoms with Gasteiger partial charge in [0.1, 0.15) is 5.75 Å². The van der Waals surface area contributed by atoms with Gasteiger partial charge in [0.15, 0.2) is 0 Å². The van der Waals surface area contributed by atoms with Gasteiger partial charge in [-0.2, -0.15) is 0 Å². The van der Waals surface area contributed by atoms with Gasteiger partial charge in [-0.05, 0) is 42.4 Å². The first-order chi connectivity index (χ1) is 10.6. The summed E-state index contributed by atoms with van der Waals surface area (Å²) in [5, 5.41) is 9.36. The summed E-state index contributed by atoms with van der Waals surface area (Å²) in [5.74, 6) is 1.30. The number of benzene rings is 1. The topological polar surface area (TPSA) is 49.8 Å². The second kappa shape index (κ2) is 7.63. The van der Waals surface area contributed by atoms with Crippen molar-refractivity contribution in [1.82, 2.24) is 4.90 Å². The van der Waals surface area contributed by atoms with E-state index in [1.54, 1.807) is 7.11 Å². The number of hydrogen-bond donors (Lipinski definition) is 1. The van der Waals surface area contributed by atoms with E-state index in [1.807, 2.05) is 29.2 Å². The molecule has 1 heterocycles. The van der Waals surface area contributed by atoms with Crippen LogP contribution in [-0.2, 0) is 4.79 Å². The minimum absolute atomic E-state index is 0.136. The van der Waals surface area contributed by atoms with Gasteiger partial charge in [-0.3, -0.25) is 4.79 Å². The molecule has 122 valence electrons. The molecule has 1 fully saturated rings. The molecule has 0 aromatic heterocycles. The van der Waals surface area contributed by atoms with Crippen LogP contribution in [0.25, 0.3) is 0 Å².